The fourth-order valence-corrected chi connectivity index (χ4v) is 3.53. The Balaban J connectivity index is 4.98. The lowest BCUT2D eigenvalue weighted by Gasteiger charge is -2.37. The molecule has 2 amide bonds. The second-order valence-corrected chi connectivity index (χ2v) is 17.4. The van der Waals surface area contributed by atoms with Crippen LogP contribution >= 0.6 is 47.8 Å². The summed E-state index contributed by atoms with van der Waals surface area (Å²) in [5.41, 5.74) is -0.791. The Kier molecular flexibility index (Phi) is 21.5. The molecule has 1 unspecified atom stereocenters. The molecule has 11 nitrogen and oxygen atoms in total. The molecule has 0 bridgehead atoms. The van der Waals surface area contributed by atoms with Crippen LogP contribution in [0.2, 0.25) is 0 Å². The van der Waals surface area contributed by atoms with E-state index in [0.717, 1.165) is 0 Å². The van der Waals surface area contributed by atoms with Crippen molar-refractivity contribution in [2.24, 2.45) is 5.41 Å². The van der Waals surface area contributed by atoms with E-state index in [0.29, 0.717) is 52.9 Å². The number of hydrogen-bond donors (Lipinski definition) is 4. The molecule has 0 saturated heterocycles. The summed E-state index contributed by atoms with van der Waals surface area (Å²) in [5.74, 6) is -0.426. The van der Waals surface area contributed by atoms with E-state index in [9.17, 15) is 14.7 Å². The predicted octanol–water partition coefficient (Wildman–Crippen LogP) is 2.90. The van der Waals surface area contributed by atoms with Crippen molar-refractivity contribution in [3.63, 3.8) is 0 Å². The molecule has 1 atom stereocenters. The summed E-state index contributed by atoms with van der Waals surface area (Å²) < 4.78 is 25.6. The Labute approximate surface area is 277 Å². The standard InChI is InChI=1S/C28H52Br3N3O8/c1-8-9-38-10-11-39-12-13-40-14-15-41-16-17-42-21-28(18-32-22(35)25(2,3)29,19-33-23(36)26(4,5)30)20-34-24(37)27(6,7)31/h8,22,32,35H,1,9-21H2,2-7H3,(H,33,36)(H,34,37). The van der Waals surface area contributed by atoms with Crippen LogP contribution in [0, 0.1) is 5.41 Å². The molecule has 0 aliphatic rings. The lowest BCUT2D eigenvalue weighted by Crippen LogP contribution is -2.58. The maximum Gasteiger partial charge on any atom is 0.236 e. The van der Waals surface area contributed by atoms with E-state index in [1.54, 1.807) is 33.8 Å². The van der Waals surface area contributed by atoms with Crippen LogP contribution in [0.3, 0.4) is 0 Å². The molecule has 42 heavy (non-hydrogen) atoms. The van der Waals surface area contributed by atoms with Gasteiger partial charge in [0.2, 0.25) is 11.8 Å². The van der Waals surface area contributed by atoms with Crippen LogP contribution in [0.25, 0.3) is 0 Å². The van der Waals surface area contributed by atoms with Gasteiger partial charge in [-0.25, -0.2) is 0 Å². The molecule has 0 fully saturated rings. The number of carbonyl (C=O) groups is 2. The second kappa shape index (κ2) is 21.6. The van der Waals surface area contributed by atoms with E-state index < -0.39 is 24.6 Å². The molecule has 0 aromatic carbocycles. The minimum atomic E-state index is -0.900. The number of amides is 2. The third kappa shape index (κ3) is 20.7. The maximum atomic E-state index is 12.7. The average Bonchev–Trinajstić information content (AvgIpc) is 2.89. The first-order valence-corrected chi connectivity index (χ1v) is 16.4. The number of aliphatic hydroxyl groups excluding tert-OH is 1. The fourth-order valence-electron chi connectivity index (χ4n) is 3.09. The van der Waals surface area contributed by atoms with Gasteiger partial charge >= 0.3 is 0 Å². The second-order valence-electron chi connectivity index (χ2n) is 11.4. The van der Waals surface area contributed by atoms with Gasteiger partial charge < -0.3 is 39.4 Å². The summed E-state index contributed by atoms with van der Waals surface area (Å²) in [6, 6.07) is 0. The molecular weight excluding hydrogens is 746 g/mol. The van der Waals surface area contributed by atoms with Crippen molar-refractivity contribution in [3.8, 4) is 0 Å². The Morgan fingerprint density at radius 2 is 1.10 bits per heavy atom. The largest absolute Gasteiger partial charge is 0.378 e. The van der Waals surface area contributed by atoms with Crippen molar-refractivity contribution < 1.29 is 38.4 Å². The van der Waals surface area contributed by atoms with E-state index in [1.807, 2.05) is 13.8 Å². The van der Waals surface area contributed by atoms with Crippen LogP contribution in [-0.4, -0.2) is 122 Å². The van der Waals surface area contributed by atoms with Crippen LogP contribution < -0.4 is 16.0 Å². The average molecular weight is 798 g/mol. The number of ether oxygens (including phenoxy) is 5. The van der Waals surface area contributed by atoms with E-state index >= 15 is 0 Å². The van der Waals surface area contributed by atoms with Crippen molar-refractivity contribution >= 4 is 59.6 Å². The van der Waals surface area contributed by atoms with Gasteiger partial charge in [0.1, 0.15) is 6.23 Å². The topological polar surface area (TPSA) is 137 Å². The molecule has 0 radical (unpaired) electrons. The highest BCUT2D eigenvalue weighted by molar-refractivity contribution is 9.10. The number of aliphatic hydroxyl groups is 1. The van der Waals surface area contributed by atoms with E-state index in [2.05, 4.69) is 70.3 Å². The first-order valence-electron chi connectivity index (χ1n) is 14.0. The molecular formula is C28H52Br3N3O8. The van der Waals surface area contributed by atoms with Gasteiger partial charge in [-0.05, 0) is 41.5 Å². The van der Waals surface area contributed by atoms with Crippen LogP contribution in [0.15, 0.2) is 12.7 Å². The molecule has 0 rings (SSSR count). The van der Waals surface area contributed by atoms with Crippen LogP contribution in [0.1, 0.15) is 41.5 Å². The van der Waals surface area contributed by atoms with Gasteiger partial charge in [0.15, 0.2) is 0 Å². The highest BCUT2D eigenvalue weighted by Crippen LogP contribution is 2.23. The zero-order valence-electron chi connectivity index (χ0n) is 26.0. The van der Waals surface area contributed by atoms with Gasteiger partial charge in [-0.2, -0.15) is 0 Å². The van der Waals surface area contributed by atoms with Crippen molar-refractivity contribution in [1.29, 1.82) is 0 Å². The number of nitrogens with one attached hydrogen (secondary N) is 3. The highest BCUT2D eigenvalue weighted by Gasteiger charge is 2.37. The molecule has 0 aromatic rings. The lowest BCUT2D eigenvalue weighted by atomic mass is 9.87. The lowest BCUT2D eigenvalue weighted by molar-refractivity contribution is -0.123. The summed E-state index contributed by atoms with van der Waals surface area (Å²) in [5, 5.41) is 19.7. The van der Waals surface area contributed by atoms with Crippen LogP contribution in [0.4, 0.5) is 0 Å². The molecule has 0 aromatic heterocycles. The number of alkyl halides is 3. The van der Waals surface area contributed by atoms with Crippen LogP contribution in [-0.2, 0) is 33.3 Å². The van der Waals surface area contributed by atoms with Gasteiger partial charge in [-0.15, -0.1) is 6.58 Å². The van der Waals surface area contributed by atoms with Gasteiger partial charge in [-0.3, -0.25) is 14.9 Å². The Morgan fingerprint density at radius 3 is 1.45 bits per heavy atom. The predicted molar refractivity (Wildman–Crippen MR) is 176 cm³/mol. The zero-order valence-corrected chi connectivity index (χ0v) is 30.8. The molecule has 4 N–H and O–H groups in total. The summed E-state index contributed by atoms with van der Waals surface area (Å²) in [6.45, 7) is 19.0. The van der Waals surface area contributed by atoms with Gasteiger partial charge in [0.05, 0.1) is 79.0 Å². The summed E-state index contributed by atoms with van der Waals surface area (Å²) in [4.78, 5) is 25.4. The molecule has 248 valence electrons. The Morgan fingerprint density at radius 1 is 0.714 bits per heavy atom. The SMILES string of the molecule is C=CCOCCOCCOCCOCCOCC(CNC(=O)C(C)(C)Br)(CNC(=O)C(C)(C)Br)CNC(O)C(C)(C)Br. The van der Waals surface area contributed by atoms with Crippen molar-refractivity contribution in [3.05, 3.63) is 12.7 Å². The summed E-state index contributed by atoms with van der Waals surface area (Å²) >= 11 is 10.2. The molecule has 0 spiro atoms. The Bertz CT molecular complexity index is 741. The quantitative estimate of drug-likeness (QED) is 0.0451. The summed E-state index contributed by atoms with van der Waals surface area (Å²) in [6.07, 6.45) is 0.792. The van der Waals surface area contributed by atoms with Crippen LogP contribution in [0.5, 0.6) is 0 Å². The molecule has 14 heteroatoms. The van der Waals surface area contributed by atoms with Crippen molar-refractivity contribution in [2.45, 2.75) is 60.7 Å². The first kappa shape index (κ1) is 41.8. The van der Waals surface area contributed by atoms with E-state index in [4.69, 9.17) is 23.7 Å². The third-order valence-electron chi connectivity index (χ3n) is 5.78. The zero-order chi connectivity index (χ0) is 32.3. The number of halogens is 3. The third-order valence-corrected chi connectivity index (χ3v) is 6.93. The fraction of sp³-hybridized carbons (Fsp3) is 0.857. The van der Waals surface area contributed by atoms with Crippen molar-refractivity contribution in [2.75, 3.05) is 85.7 Å². The molecule has 0 aliphatic heterocycles. The van der Waals surface area contributed by atoms with Crippen molar-refractivity contribution in [1.82, 2.24) is 16.0 Å². The monoisotopic (exact) mass is 795 g/mol. The number of carbonyl (C=O) groups excluding carboxylic acids is 2. The van der Waals surface area contributed by atoms with Gasteiger partial charge in [-0.1, -0.05) is 53.9 Å². The first-order chi connectivity index (χ1) is 19.4. The minimum absolute atomic E-state index is 0.176. The van der Waals surface area contributed by atoms with E-state index in [1.165, 1.54) is 0 Å². The molecule has 0 heterocycles. The van der Waals surface area contributed by atoms with Gasteiger partial charge in [0, 0.05) is 25.0 Å². The summed E-state index contributed by atoms with van der Waals surface area (Å²) in [7, 11) is 0. The van der Waals surface area contributed by atoms with Gasteiger partial charge in [0.25, 0.3) is 0 Å². The number of hydrogen-bond acceptors (Lipinski definition) is 9. The smallest absolute Gasteiger partial charge is 0.236 e. The molecule has 0 aliphatic carbocycles. The Hall–Kier alpha value is -0.160. The van der Waals surface area contributed by atoms with E-state index in [-0.39, 0.29) is 44.7 Å². The normalized spacial score (nSPS) is 13.6. The minimum Gasteiger partial charge on any atom is -0.378 e. The maximum absolute atomic E-state index is 12.7. The number of rotatable bonds is 26. The molecule has 0 saturated carbocycles. The highest BCUT2D eigenvalue weighted by atomic mass is 79.9.